The number of phenolic OH excluding ortho intramolecular Hbond substituents is 1. The molecule has 2 nitrogen and oxygen atoms in total. The molecule has 0 spiro atoms. The number of aromatic hydroxyl groups is 1. The molecule has 0 amide bonds. The highest BCUT2D eigenvalue weighted by Gasteiger charge is 2.20. The lowest BCUT2D eigenvalue weighted by atomic mass is 9.83. The molecule has 0 aliphatic rings. The molecule has 0 saturated heterocycles. The molecule has 2 rings (SSSR count). The average molecular weight is 331 g/mol. The normalized spacial score (nSPS) is 11.5. The van der Waals surface area contributed by atoms with E-state index in [-0.39, 0.29) is 11.2 Å². The summed E-state index contributed by atoms with van der Waals surface area (Å²) >= 11 is 6.08. The molecule has 0 heterocycles. The number of aryl methyl sites for hydroxylation is 2. The van der Waals surface area contributed by atoms with Gasteiger partial charge in [-0.15, -0.1) is 0 Å². The Kier molecular flexibility index (Phi) is 5.16. The summed E-state index contributed by atoms with van der Waals surface area (Å²) in [7, 11) is 0. The van der Waals surface area contributed by atoms with Crippen LogP contribution in [0.4, 0.5) is 0 Å². The zero-order valence-electron chi connectivity index (χ0n) is 14.1. The minimum absolute atomic E-state index is 0.0404. The molecular weight excluding hydrogens is 308 g/mol. The third kappa shape index (κ3) is 4.14. The molecule has 3 heteroatoms. The van der Waals surface area contributed by atoms with Crippen LogP contribution in [0.5, 0.6) is 5.75 Å². The maximum Gasteiger partial charge on any atom is 0.164 e. The van der Waals surface area contributed by atoms with Crippen molar-refractivity contribution in [3.8, 4) is 5.75 Å². The predicted molar refractivity (Wildman–Crippen MR) is 95.6 cm³/mol. The third-order valence-electron chi connectivity index (χ3n) is 3.98. The number of carbonyl (C=O) groups is 1. The first-order valence-electron chi connectivity index (χ1n) is 7.81. The quantitative estimate of drug-likeness (QED) is 0.755. The number of halogens is 1. The van der Waals surface area contributed by atoms with Gasteiger partial charge in [-0.2, -0.15) is 0 Å². The number of hydrogen-bond donors (Lipinski definition) is 1. The molecule has 0 aliphatic heterocycles. The second-order valence-corrected chi connectivity index (χ2v) is 7.37. The second-order valence-electron chi connectivity index (χ2n) is 6.96. The Labute approximate surface area is 143 Å². The van der Waals surface area contributed by atoms with E-state index < -0.39 is 0 Å². The Morgan fingerprint density at radius 2 is 1.83 bits per heavy atom. The van der Waals surface area contributed by atoms with E-state index >= 15 is 0 Å². The minimum atomic E-state index is -0.141. The lowest BCUT2D eigenvalue weighted by Gasteiger charge is -2.22. The predicted octanol–water partition coefficient (Wildman–Crippen LogP) is 5.47. The molecule has 2 aromatic rings. The van der Waals surface area contributed by atoms with Gasteiger partial charge in [0.05, 0.1) is 5.02 Å². The Balaban J connectivity index is 2.20. The molecular formula is C20H23ClO2. The van der Waals surface area contributed by atoms with E-state index in [2.05, 4.69) is 20.8 Å². The van der Waals surface area contributed by atoms with Crippen LogP contribution in [-0.4, -0.2) is 10.9 Å². The van der Waals surface area contributed by atoms with Gasteiger partial charge in [0, 0.05) is 12.0 Å². The van der Waals surface area contributed by atoms with Crippen LogP contribution in [-0.2, 0) is 11.8 Å². The topological polar surface area (TPSA) is 37.3 Å². The van der Waals surface area contributed by atoms with Gasteiger partial charge < -0.3 is 5.11 Å². The van der Waals surface area contributed by atoms with Crippen molar-refractivity contribution in [3.05, 3.63) is 63.7 Å². The summed E-state index contributed by atoms with van der Waals surface area (Å²) in [6.45, 7) is 8.10. The number of carbonyl (C=O) groups excluding carboxylic acids is 1. The zero-order chi connectivity index (χ0) is 17.2. The van der Waals surface area contributed by atoms with Crippen LogP contribution in [0, 0.1) is 6.92 Å². The smallest absolute Gasteiger partial charge is 0.164 e. The van der Waals surface area contributed by atoms with Gasteiger partial charge >= 0.3 is 0 Å². The van der Waals surface area contributed by atoms with E-state index in [4.69, 9.17) is 11.6 Å². The van der Waals surface area contributed by atoms with Crippen LogP contribution in [0.25, 0.3) is 0 Å². The Morgan fingerprint density at radius 3 is 2.43 bits per heavy atom. The SMILES string of the molecule is Cc1cc(CCC(=O)c2ccccc2Cl)cc(C(C)(C)C)c1O. The first-order chi connectivity index (χ1) is 10.7. The van der Waals surface area contributed by atoms with Crippen molar-refractivity contribution in [3.63, 3.8) is 0 Å². The van der Waals surface area contributed by atoms with Crippen molar-refractivity contribution >= 4 is 17.4 Å². The van der Waals surface area contributed by atoms with Crippen LogP contribution in [0.1, 0.15) is 54.2 Å². The molecule has 0 atom stereocenters. The highest BCUT2D eigenvalue weighted by atomic mass is 35.5. The zero-order valence-corrected chi connectivity index (χ0v) is 14.9. The largest absolute Gasteiger partial charge is 0.507 e. The van der Waals surface area contributed by atoms with Gasteiger partial charge in [0.2, 0.25) is 0 Å². The van der Waals surface area contributed by atoms with E-state index in [1.165, 1.54) is 0 Å². The standard InChI is InChI=1S/C20H23ClO2/c1-13-11-14(12-16(19(13)23)20(2,3)4)9-10-18(22)15-7-5-6-8-17(15)21/h5-8,11-12,23H,9-10H2,1-4H3. The lowest BCUT2D eigenvalue weighted by molar-refractivity contribution is 0.0983. The fraction of sp³-hybridized carbons (Fsp3) is 0.350. The third-order valence-corrected chi connectivity index (χ3v) is 4.31. The van der Waals surface area contributed by atoms with Crippen LogP contribution >= 0.6 is 11.6 Å². The van der Waals surface area contributed by atoms with Crippen LogP contribution in [0.2, 0.25) is 5.02 Å². The van der Waals surface area contributed by atoms with E-state index in [9.17, 15) is 9.90 Å². The summed E-state index contributed by atoms with van der Waals surface area (Å²) < 4.78 is 0. The minimum Gasteiger partial charge on any atom is -0.507 e. The van der Waals surface area contributed by atoms with Gasteiger partial charge in [-0.3, -0.25) is 4.79 Å². The molecule has 2 aromatic carbocycles. The maximum absolute atomic E-state index is 12.3. The fourth-order valence-corrected chi connectivity index (χ4v) is 2.89. The lowest BCUT2D eigenvalue weighted by Crippen LogP contribution is -2.13. The summed E-state index contributed by atoms with van der Waals surface area (Å²) in [5, 5.41) is 10.8. The van der Waals surface area contributed by atoms with Gasteiger partial charge in [0.25, 0.3) is 0 Å². The summed E-state index contributed by atoms with van der Waals surface area (Å²) in [5.41, 5.74) is 3.25. The molecule has 0 bridgehead atoms. The first kappa shape index (κ1) is 17.6. The summed E-state index contributed by atoms with van der Waals surface area (Å²) in [6, 6.07) is 11.1. The Hall–Kier alpha value is -1.80. The molecule has 122 valence electrons. The van der Waals surface area contributed by atoms with Crippen LogP contribution < -0.4 is 0 Å². The molecule has 0 aliphatic carbocycles. The second kappa shape index (κ2) is 6.76. The van der Waals surface area contributed by atoms with Gasteiger partial charge in [0.1, 0.15) is 5.75 Å². The Bertz CT molecular complexity index is 727. The first-order valence-corrected chi connectivity index (χ1v) is 8.18. The maximum atomic E-state index is 12.3. The summed E-state index contributed by atoms with van der Waals surface area (Å²) in [4.78, 5) is 12.3. The fourth-order valence-electron chi connectivity index (χ4n) is 2.65. The van der Waals surface area contributed by atoms with Crippen molar-refractivity contribution < 1.29 is 9.90 Å². The summed E-state index contributed by atoms with van der Waals surface area (Å²) in [6.07, 6.45) is 1.03. The molecule has 0 radical (unpaired) electrons. The number of Topliss-reactive ketones (excluding diaryl/α,β-unsaturated/α-hetero) is 1. The van der Waals surface area contributed by atoms with E-state index in [0.717, 1.165) is 16.7 Å². The van der Waals surface area contributed by atoms with Gasteiger partial charge in [-0.1, -0.05) is 56.6 Å². The summed E-state index contributed by atoms with van der Waals surface area (Å²) in [5.74, 6) is 0.386. The molecule has 0 saturated carbocycles. The average Bonchev–Trinajstić information content (AvgIpc) is 2.47. The Morgan fingerprint density at radius 1 is 1.17 bits per heavy atom. The van der Waals surface area contributed by atoms with E-state index in [0.29, 0.717) is 29.2 Å². The van der Waals surface area contributed by atoms with Crippen LogP contribution in [0.15, 0.2) is 36.4 Å². The number of benzene rings is 2. The van der Waals surface area contributed by atoms with E-state index in [1.54, 1.807) is 12.1 Å². The van der Waals surface area contributed by atoms with Gasteiger partial charge in [-0.05, 0) is 47.6 Å². The van der Waals surface area contributed by atoms with Gasteiger partial charge in [-0.25, -0.2) is 0 Å². The monoisotopic (exact) mass is 330 g/mol. The highest BCUT2D eigenvalue weighted by Crippen LogP contribution is 2.34. The van der Waals surface area contributed by atoms with E-state index in [1.807, 2.05) is 31.2 Å². The molecule has 0 unspecified atom stereocenters. The molecule has 1 N–H and O–H groups in total. The van der Waals surface area contributed by atoms with Gasteiger partial charge in [0.15, 0.2) is 5.78 Å². The number of phenols is 1. The van der Waals surface area contributed by atoms with Crippen molar-refractivity contribution in [1.29, 1.82) is 0 Å². The van der Waals surface area contributed by atoms with Crippen molar-refractivity contribution in [1.82, 2.24) is 0 Å². The van der Waals surface area contributed by atoms with Crippen molar-refractivity contribution in [2.24, 2.45) is 0 Å². The number of rotatable bonds is 4. The number of hydrogen-bond acceptors (Lipinski definition) is 2. The highest BCUT2D eigenvalue weighted by molar-refractivity contribution is 6.33. The van der Waals surface area contributed by atoms with Crippen molar-refractivity contribution in [2.45, 2.75) is 46.0 Å². The number of ketones is 1. The molecule has 23 heavy (non-hydrogen) atoms. The molecule has 0 aromatic heterocycles. The van der Waals surface area contributed by atoms with Crippen LogP contribution in [0.3, 0.4) is 0 Å². The van der Waals surface area contributed by atoms with Crippen molar-refractivity contribution in [2.75, 3.05) is 0 Å². The molecule has 0 fully saturated rings.